The second-order valence-corrected chi connectivity index (χ2v) is 4.46. The van der Waals surface area contributed by atoms with Crippen LogP contribution in [0.25, 0.3) is 0 Å². The van der Waals surface area contributed by atoms with Crippen LogP contribution in [-0.4, -0.2) is 42.9 Å². The van der Waals surface area contributed by atoms with Gasteiger partial charge in [-0.2, -0.15) is 0 Å². The predicted molar refractivity (Wildman–Crippen MR) is 76.4 cm³/mol. The van der Waals surface area contributed by atoms with E-state index in [1.165, 1.54) is 0 Å². The molecule has 6 heteroatoms. The van der Waals surface area contributed by atoms with E-state index in [9.17, 15) is 9.59 Å². The molecule has 19 heavy (non-hydrogen) atoms. The molecule has 1 saturated heterocycles. The van der Waals surface area contributed by atoms with Crippen molar-refractivity contribution in [1.82, 2.24) is 10.2 Å². The normalized spacial score (nSPS) is 17.8. The molecule has 1 aliphatic rings. The Morgan fingerprint density at radius 2 is 2.05 bits per heavy atom. The van der Waals surface area contributed by atoms with E-state index in [1.54, 1.807) is 11.9 Å². The van der Waals surface area contributed by atoms with Gasteiger partial charge in [0.25, 0.3) is 0 Å². The van der Waals surface area contributed by atoms with Gasteiger partial charge in [0.05, 0.1) is 12.6 Å². The molecule has 0 spiro atoms. The lowest BCUT2D eigenvalue weighted by Crippen LogP contribution is -2.39. The van der Waals surface area contributed by atoms with E-state index in [-0.39, 0.29) is 36.8 Å². The van der Waals surface area contributed by atoms with Crippen molar-refractivity contribution in [2.45, 2.75) is 12.5 Å². The Balaban J connectivity index is 0.00000180. The van der Waals surface area contributed by atoms with Gasteiger partial charge in [0.15, 0.2) is 0 Å². The molecule has 1 heterocycles. The molecule has 1 fully saturated rings. The van der Waals surface area contributed by atoms with Crippen molar-refractivity contribution in [3.63, 3.8) is 0 Å². The number of carbonyl (C=O) groups is 2. The molecule has 1 aliphatic heterocycles. The molecule has 104 valence electrons. The molecule has 0 radical (unpaired) electrons. The van der Waals surface area contributed by atoms with E-state index in [2.05, 4.69) is 10.6 Å². The molecule has 0 bridgehead atoms. The molecule has 1 aromatic carbocycles. The molecular formula is C13H18ClN3O2. The molecular weight excluding hydrogens is 266 g/mol. The van der Waals surface area contributed by atoms with Gasteiger partial charge in [-0.15, -0.1) is 12.4 Å². The lowest BCUT2D eigenvalue weighted by atomic mass is 10.2. The molecule has 0 aliphatic carbocycles. The highest BCUT2D eigenvalue weighted by Crippen LogP contribution is 2.08. The molecule has 2 amide bonds. The number of halogens is 1. The topological polar surface area (TPSA) is 61.4 Å². The fraction of sp³-hybridized carbons (Fsp3) is 0.385. The van der Waals surface area contributed by atoms with Gasteiger partial charge in [0.1, 0.15) is 0 Å². The minimum absolute atomic E-state index is 0. The highest BCUT2D eigenvalue weighted by molar-refractivity contribution is 5.85. The van der Waals surface area contributed by atoms with Crippen LogP contribution in [0.1, 0.15) is 6.42 Å². The van der Waals surface area contributed by atoms with Crippen LogP contribution < -0.4 is 10.6 Å². The zero-order valence-electron chi connectivity index (χ0n) is 10.8. The van der Waals surface area contributed by atoms with E-state index in [4.69, 9.17) is 0 Å². The van der Waals surface area contributed by atoms with Crippen LogP contribution in [-0.2, 0) is 9.59 Å². The summed E-state index contributed by atoms with van der Waals surface area (Å²) in [5.74, 6) is -0.0109. The van der Waals surface area contributed by atoms with Crippen molar-refractivity contribution >= 4 is 29.9 Å². The predicted octanol–water partition coefficient (Wildman–Crippen LogP) is 0.867. The second kappa shape index (κ2) is 6.99. The van der Waals surface area contributed by atoms with Gasteiger partial charge in [-0.3, -0.25) is 9.59 Å². The second-order valence-electron chi connectivity index (χ2n) is 4.46. The van der Waals surface area contributed by atoms with Gasteiger partial charge in [-0.25, -0.2) is 0 Å². The molecule has 0 aromatic heterocycles. The summed E-state index contributed by atoms with van der Waals surface area (Å²) in [7, 11) is 1.75. The maximum absolute atomic E-state index is 11.7. The number of hydrogen-bond acceptors (Lipinski definition) is 3. The molecule has 5 nitrogen and oxygen atoms in total. The smallest absolute Gasteiger partial charge is 0.239 e. The van der Waals surface area contributed by atoms with Crippen LogP contribution in [0, 0.1) is 0 Å². The number of carbonyl (C=O) groups excluding carboxylic acids is 2. The number of nitrogens with one attached hydrogen (secondary N) is 2. The van der Waals surface area contributed by atoms with Crippen molar-refractivity contribution in [2.24, 2.45) is 0 Å². The Morgan fingerprint density at radius 1 is 1.37 bits per heavy atom. The standard InChI is InChI=1S/C13H17N3O2.ClH/c1-16-9-11(7-13(16)18)15-12(17)8-14-10-5-3-2-4-6-10;/h2-6,11,14H,7-9H2,1H3,(H,15,17);1H. The summed E-state index contributed by atoms with van der Waals surface area (Å²) in [6.45, 7) is 0.814. The fourth-order valence-electron chi connectivity index (χ4n) is 1.98. The summed E-state index contributed by atoms with van der Waals surface area (Å²) in [6, 6.07) is 9.48. The molecule has 1 unspecified atom stereocenters. The fourth-order valence-corrected chi connectivity index (χ4v) is 1.98. The number of benzene rings is 1. The number of rotatable bonds is 4. The number of likely N-dealkylation sites (tertiary alicyclic amines) is 1. The molecule has 1 aromatic rings. The quantitative estimate of drug-likeness (QED) is 0.862. The average molecular weight is 284 g/mol. The number of likely N-dealkylation sites (N-methyl/N-ethyl adjacent to an activating group) is 1. The van der Waals surface area contributed by atoms with E-state index < -0.39 is 0 Å². The number of amides is 2. The first-order chi connectivity index (χ1) is 8.65. The SMILES string of the molecule is CN1CC(NC(=O)CNc2ccccc2)CC1=O.Cl. The lowest BCUT2D eigenvalue weighted by Gasteiger charge is -2.13. The van der Waals surface area contributed by atoms with Crippen molar-refractivity contribution < 1.29 is 9.59 Å². The van der Waals surface area contributed by atoms with Crippen LogP contribution >= 0.6 is 12.4 Å². The summed E-state index contributed by atoms with van der Waals surface area (Å²) in [5, 5.41) is 5.88. The largest absolute Gasteiger partial charge is 0.376 e. The Kier molecular flexibility index (Phi) is 5.63. The van der Waals surface area contributed by atoms with E-state index >= 15 is 0 Å². The first kappa shape index (κ1) is 15.3. The summed E-state index contributed by atoms with van der Waals surface area (Å²) in [4.78, 5) is 24.6. The Bertz CT molecular complexity index is 439. The Morgan fingerprint density at radius 3 is 2.63 bits per heavy atom. The Hall–Kier alpha value is -1.75. The van der Waals surface area contributed by atoms with Gasteiger partial charge in [0, 0.05) is 25.7 Å². The van der Waals surface area contributed by atoms with Crippen LogP contribution in [0.5, 0.6) is 0 Å². The summed E-state index contributed by atoms with van der Waals surface area (Å²) < 4.78 is 0. The van der Waals surface area contributed by atoms with Crippen LogP contribution in [0.15, 0.2) is 30.3 Å². The van der Waals surface area contributed by atoms with E-state index in [1.807, 2.05) is 30.3 Å². The monoisotopic (exact) mass is 283 g/mol. The number of nitrogens with zero attached hydrogens (tertiary/aromatic N) is 1. The van der Waals surface area contributed by atoms with Gasteiger partial charge < -0.3 is 15.5 Å². The number of hydrogen-bond donors (Lipinski definition) is 2. The maximum Gasteiger partial charge on any atom is 0.239 e. The summed E-state index contributed by atoms with van der Waals surface area (Å²) in [5.41, 5.74) is 0.910. The zero-order valence-corrected chi connectivity index (χ0v) is 11.6. The third-order valence-corrected chi connectivity index (χ3v) is 2.93. The maximum atomic E-state index is 11.7. The first-order valence-corrected chi connectivity index (χ1v) is 5.97. The lowest BCUT2D eigenvalue weighted by molar-refractivity contribution is -0.126. The van der Waals surface area contributed by atoms with Gasteiger partial charge in [-0.1, -0.05) is 18.2 Å². The number of anilines is 1. The van der Waals surface area contributed by atoms with Crippen molar-refractivity contribution in [2.75, 3.05) is 25.5 Å². The van der Waals surface area contributed by atoms with Crippen LogP contribution in [0.4, 0.5) is 5.69 Å². The highest BCUT2D eigenvalue weighted by atomic mass is 35.5. The van der Waals surface area contributed by atoms with Crippen LogP contribution in [0.2, 0.25) is 0 Å². The third kappa shape index (κ3) is 4.44. The van der Waals surface area contributed by atoms with Gasteiger partial charge in [0.2, 0.25) is 11.8 Å². The Labute approximate surface area is 118 Å². The van der Waals surface area contributed by atoms with Crippen LogP contribution in [0.3, 0.4) is 0 Å². The molecule has 0 saturated carbocycles. The zero-order chi connectivity index (χ0) is 13.0. The minimum Gasteiger partial charge on any atom is -0.376 e. The molecule has 2 N–H and O–H groups in total. The summed E-state index contributed by atoms with van der Waals surface area (Å²) >= 11 is 0. The van der Waals surface area contributed by atoms with E-state index in [0.717, 1.165) is 5.69 Å². The first-order valence-electron chi connectivity index (χ1n) is 5.97. The third-order valence-electron chi connectivity index (χ3n) is 2.93. The van der Waals surface area contributed by atoms with E-state index in [0.29, 0.717) is 13.0 Å². The average Bonchev–Trinajstić information content (AvgIpc) is 2.67. The molecule has 2 rings (SSSR count). The van der Waals surface area contributed by atoms with Gasteiger partial charge >= 0.3 is 0 Å². The van der Waals surface area contributed by atoms with Crippen molar-refractivity contribution in [3.05, 3.63) is 30.3 Å². The number of para-hydroxylation sites is 1. The van der Waals surface area contributed by atoms with Crippen molar-refractivity contribution in [3.8, 4) is 0 Å². The minimum atomic E-state index is -0.0908. The molecule has 1 atom stereocenters. The van der Waals surface area contributed by atoms with Gasteiger partial charge in [-0.05, 0) is 12.1 Å². The summed E-state index contributed by atoms with van der Waals surface area (Å²) in [6.07, 6.45) is 0.396. The van der Waals surface area contributed by atoms with Crippen molar-refractivity contribution in [1.29, 1.82) is 0 Å². The highest BCUT2D eigenvalue weighted by Gasteiger charge is 2.27.